The lowest BCUT2D eigenvalue weighted by Crippen LogP contribution is -1.99. The Kier molecular flexibility index (Phi) is 43.8. The van der Waals surface area contributed by atoms with Crippen molar-refractivity contribution in [3.05, 3.63) is 0 Å². The van der Waals surface area contributed by atoms with Crippen molar-refractivity contribution < 1.29 is 1.43 Å². The van der Waals surface area contributed by atoms with E-state index in [9.17, 15) is 0 Å². The van der Waals surface area contributed by atoms with E-state index >= 15 is 0 Å². The van der Waals surface area contributed by atoms with Gasteiger partial charge in [-0.1, -0.05) is 13.8 Å². The number of nitrogens with zero attached hydrogens (tertiary/aromatic N) is 1. The van der Waals surface area contributed by atoms with Crippen molar-refractivity contribution in [2.75, 3.05) is 35.2 Å². The molecule has 0 unspecified atom stereocenters. The van der Waals surface area contributed by atoms with E-state index in [4.69, 9.17) is 0 Å². The Labute approximate surface area is 61.7 Å². The molecular formula is C7H24N2. The van der Waals surface area contributed by atoms with E-state index in [1.165, 1.54) is 0 Å². The zero-order chi connectivity index (χ0) is 8.28. The van der Waals surface area contributed by atoms with Crippen molar-refractivity contribution >= 4 is 0 Å². The fourth-order valence-electron chi connectivity index (χ4n) is 0. The van der Waals surface area contributed by atoms with E-state index in [-0.39, 0.29) is 1.43 Å². The van der Waals surface area contributed by atoms with E-state index in [1.54, 1.807) is 0 Å². The van der Waals surface area contributed by atoms with Crippen LogP contribution in [0.3, 0.4) is 0 Å². The van der Waals surface area contributed by atoms with Crippen molar-refractivity contribution in [1.82, 2.24) is 10.2 Å². The van der Waals surface area contributed by atoms with Crippen LogP contribution in [0.4, 0.5) is 0 Å². The predicted molar refractivity (Wildman–Crippen MR) is 48.1 cm³/mol. The van der Waals surface area contributed by atoms with Gasteiger partial charge < -0.3 is 10.2 Å². The molecule has 0 saturated heterocycles. The molecule has 62 valence electrons. The van der Waals surface area contributed by atoms with E-state index in [0.29, 0.717) is 0 Å². The number of rotatable bonds is 0. The van der Waals surface area contributed by atoms with Gasteiger partial charge in [-0.15, -0.1) is 0 Å². The van der Waals surface area contributed by atoms with Crippen LogP contribution in [-0.4, -0.2) is 40.1 Å². The van der Waals surface area contributed by atoms with Gasteiger partial charge in [0.05, 0.1) is 0 Å². The van der Waals surface area contributed by atoms with Crippen LogP contribution >= 0.6 is 0 Å². The van der Waals surface area contributed by atoms with Gasteiger partial charge in [0.25, 0.3) is 0 Å². The molecule has 0 amide bonds. The summed E-state index contributed by atoms with van der Waals surface area (Å²) in [6.45, 7) is 4.00. The SMILES string of the molecule is CC.CN(C)C.CNC.[2HH]. The van der Waals surface area contributed by atoms with Crippen LogP contribution in [0.25, 0.3) is 0 Å². The molecule has 1 N–H and O–H groups in total. The topological polar surface area (TPSA) is 15.3 Å². The summed E-state index contributed by atoms with van der Waals surface area (Å²) in [5, 5.41) is 2.75. The van der Waals surface area contributed by atoms with Crippen LogP contribution < -0.4 is 5.32 Å². The normalized spacial score (nSPS) is 6.67. The Morgan fingerprint density at radius 3 is 1.00 bits per heavy atom. The van der Waals surface area contributed by atoms with Crippen LogP contribution in [0.2, 0.25) is 0 Å². The molecule has 0 aliphatic carbocycles. The highest BCUT2D eigenvalue weighted by atomic mass is 15.0. The highest BCUT2D eigenvalue weighted by molar-refractivity contribution is 4.09. The second kappa shape index (κ2) is 24.7. The predicted octanol–water partition coefficient (Wildman–Crippen LogP) is 1.29. The molecule has 0 aliphatic rings. The third-order valence-corrected chi connectivity index (χ3v) is 0. The Morgan fingerprint density at radius 2 is 1.00 bits per heavy atom. The minimum absolute atomic E-state index is 0. The fourth-order valence-corrected chi connectivity index (χ4v) is 0. The first-order chi connectivity index (χ1) is 4.15. The highest BCUT2D eigenvalue weighted by Crippen LogP contribution is 1.47. The molecule has 0 aliphatic heterocycles. The Hall–Kier alpha value is -0.0800. The maximum atomic E-state index is 2.75. The van der Waals surface area contributed by atoms with Gasteiger partial charge in [-0.05, 0) is 35.2 Å². The van der Waals surface area contributed by atoms with Gasteiger partial charge in [0, 0.05) is 1.43 Å². The van der Waals surface area contributed by atoms with E-state index in [2.05, 4.69) is 5.32 Å². The minimum atomic E-state index is 0. The van der Waals surface area contributed by atoms with Gasteiger partial charge in [0.1, 0.15) is 0 Å². The Morgan fingerprint density at radius 1 is 1.00 bits per heavy atom. The Bertz CT molecular complexity index is 22.8. The number of nitrogens with one attached hydrogen (secondary N) is 1. The monoisotopic (exact) mass is 137 g/mol. The lowest BCUT2D eigenvalue weighted by atomic mass is 11.0. The fraction of sp³-hybridized carbons (Fsp3) is 1.00. The first-order valence-electron chi connectivity index (χ1n) is 3.34. The molecule has 0 atom stereocenters. The molecule has 0 spiro atoms. The van der Waals surface area contributed by atoms with Gasteiger partial charge in [0.2, 0.25) is 0 Å². The standard InChI is InChI=1S/C3H9N.C2H7N.C2H6.H2/c1-4(2)3;1-3-2;1-2;/h1-3H3;3H,1-2H3;1-2H3;1H/i;;;1+1. The molecule has 2 nitrogen and oxygen atoms in total. The average molecular weight is 137 g/mol. The first-order valence-corrected chi connectivity index (χ1v) is 3.34. The molecule has 0 fully saturated rings. The molecule has 9 heavy (non-hydrogen) atoms. The summed E-state index contributed by atoms with van der Waals surface area (Å²) in [7, 11) is 9.75. The molecule has 0 rings (SSSR count). The van der Waals surface area contributed by atoms with E-state index < -0.39 is 0 Å². The van der Waals surface area contributed by atoms with Crippen LogP contribution in [0.15, 0.2) is 0 Å². The maximum Gasteiger partial charge on any atom is 0 e. The van der Waals surface area contributed by atoms with Gasteiger partial charge in [-0.3, -0.25) is 0 Å². The van der Waals surface area contributed by atoms with E-state index in [0.717, 1.165) is 0 Å². The van der Waals surface area contributed by atoms with Gasteiger partial charge in [0.15, 0.2) is 0 Å². The van der Waals surface area contributed by atoms with Gasteiger partial charge >= 0.3 is 0 Å². The summed E-state index contributed by atoms with van der Waals surface area (Å²) in [4.78, 5) is 2.00. The largest absolute Gasteiger partial charge is 0.323 e. The smallest absolute Gasteiger partial charge is 0 e. The molecule has 0 aromatic rings. The van der Waals surface area contributed by atoms with Crippen LogP contribution in [0, 0.1) is 0 Å². The van der Waals surface area contributed by atoms with Crippen molar-refractivity contribution in [3.8, 4) is 0 Å². The molecular weight excluding hydrogens is 112 g/mol. The van der Waals surface area contributed by atoms with Crippen molar-refractivity contribution in [2.24, 2.45) is 0 Å². The summed E-state index contributed by atoms with van der Waals surface area (Å²) in [6.07, 6.45) is 0. The molecule has 0 aromatic heterocycles. The third-order valence-electron chi connectivity index (χ3n) is 0. The zero-order valence-corrected chi connectivity index (χ0v) is 7.95. The summed E-state index contributed by atoms with van der Waals surface area (Å²) < 4.78 is 0. The second-order valence-electron chi connectivity index (χ2n) is 1.84. The number of hydrogen-bond acceptors (Lipinski definition) is 2. The molecule has 0 radical (unpaired) electrons. The summed E-state index contributed by atoms with van der Waals surface area (Å²) in [5.41, 5.74) is 0. The number of hydrogen-bond donors (Lipinski definition) is 1. The molecule has 0 aromatic carbocycles. The second-order valence-corrected chi connectivity index (χ2v) is 1.84. The van der Waals surface area contributed by atoms with Crippen molar-refractivity contribution in [3.63, 3.8) is 0 Å². The Balaban J connectivity index is -0.0000000273. The average Bonchev–Trinajstić information content (AvgIpc) is 1.71. The zero-order valence-electron chi connectivity index (χ0n) is 7.95. The van der Waals surface area contributed by atoms with Crippen LogP contribution in [0.5, 0.6) is 0 Å². The molecule has 0 bridgehead atoms. The van der Waals surface area contributed by atoms with E-state index in [1.807, 2.05) is 54.0 Å². The van der Waals surface area contributed by atoms with Crippen LogP contribution in [0.1, 0.15) is 15.3 Å². The van der Waals surface area contributed by atoms with Crippen molar-refractivity contribution in [2.45, 2.75) is 13.8 Å². The summed E-state index contributed by atoms with van der Waals surface area (Å²) in [6, 6.07) is 0. The first kappa shape index (κ1) is 16.0. The quantitative estimate of drug-likeness (QED) is 0.541. The molecule has 0 heterocycles. The maximum absolute atomic E-state index is 2.75. The third kappa shape index (κ3) is 43400. The van der Waals surface area contributed by atoms with Crippen molar-refractivity contribution in [1.29, 1.82) is 0 Å². The summed E-state index contributed by atoms with van der Waals surface area (Å²) >= 11 is 0. The minimum Gasteiger partial charge on any atom is -0.323 e. The summed E-state index contributed by atoms with van der Waals surface area (Å²) in [5.74, 6) is 0. The van der Waals surface area contributed by atoms with Crippen LogP contribution in [-0.2, 0) is 0 Å². The lowest BCUT2D eigenvalue weighted by Gasteiger charge is -1.90. The van der Waals surface area contributed by atoms with Gasteiger partial charge in [-0.2, -0.15) is 0 Å². The van der Waals surface area contributed by atoms with Gasteiger partial charge in [-0.25, -0.2) is 0 Å². The highest BCUT2D eigenvalue weighted by Gasteiger charge is 1.58. The lowest BCUT2D eigenvalue weighted by molar-refractivity contribution is 0.505. The molecule has 2 heteroatoms. The molecule has 0 saturated carbocycles.